The number of phenols is 1. The van der Waals surface area contributed by atoms with Crippen LogP contribution in [-0.4, -0.2) is 25.1 Å². The summed E-state index contributed by atoms with van der Waals surface area (Å²) in [6.07, 6.45) is 1.98. The first kappa shape index (κ1) is 15.3. The van der Waals surface area contributed by atoms with Crippen LogP contribution in [0.25, 0.3) is 0 Å². The number of Topliss-reactive ketones (excluding diaryl/α,β-unsaturated/α-hetero) is 1. The molecule has 3 rings (SSSR count). The van der Waals surface area contributed by atoms with Crippen molar-refractivity contribution in [3.8, 4) is 11.5 Å². The lowest BCUT2D eigenvalue weighted by atomic mass is 9.70. The van der Waals surface area contributed by atoms with E-state index in [9.17, 15) is 18.3 Å². The second kappa shape index (κ2) is 4.72. The maximum Gasteiger partial charge on any atom is 0.310 e. The van der Waals surface area contributed by atoms with E-state index < -0.39 is 15.5 Å². The number of phenolic OH excluding ortho intramolecular Hbond substituents is 1. The van der Waals surface area contributed by atoms with Crippen molar-refractivity contribution in [2.75, 3.05) is 5.75 Å². The maximum absolute atomic E-state index is 12.4. The molecule has 0 aliphatic heterocycles. The second-order valence-electron chi connectivity index (χ2n) is 6.95. The number of rotatable bonds is 4. The lowest BCUT2D eigenvalue weighted by molar-refractivity contribution is -0.128. The Labute approximate surface area is 130 Å². The molecule has 2 saturated carbocycles. The van der Waals surface area contributed by atoms with Crippen molar-refractivity contribution in [3.05, 3.63) is 24.3 Å². The van der Waals surface area contributed by atoms with Crippen molar-refractivity contribution in [1.29, 1.82) is 0 Å². The highest BCUT2D eigenvalue weighted by Crippen LogP contribution is 2.64. The molecule has 120 valence electrons. The summed E-state index contributed by atoms with van der Waals surface area (Å²) >= 11 is 0. The van der Waals surface area contributed by atoms with Gasteiger partial charge in [0.1, 0.15) is 17.3 Å². The molecule has 2 fully saturated rings. The lowest BCUT2D eigenvalue weighted by Gasteiger charge is -2.35. The highest BCUT2D eigenvalue weighted by atomic mass is 32.2. The Bertz CT molecular complexity index is 705. The van der Waals surface area contributed by atoms with Gasteiger partial charge >= 0.3 is 10.1 Å². The first-order chi connectivity index (χ1) is 10.2. The molecule has 0 heterocycles. The molecule has 2 aliphatic rings. The van der Waals surface area contributed by atoms with E-state index in [1.54, 1.807) is 0 Å². The molecule has 22 heavy (non-hydrogen) atoms. The molecule has 2 unspecified atom stereocenters. The zero-order chi connectivity index (χ0) is 16.2. The number of aromatic hydroxyl groups is 1. The number of hydrogen-bond acceptors (Lipinski definition) is 5. The number of hydrogen-bond donors (Lipinski definition) is 1. The Morgan fingerprint density at radius 3 is 2.41 bits per heavy atom. The summed E-state index contributed by atoms with van der Waals surface area (Å²) in [5, 5.41) is 9.22. The number of carbonyl (C=O) groups excluding carboxylic acids is 1. The van der Waals surface area contributed by atoms with Gasteiger partial charge in [0.05, 0.1) is 11.2 Å². The van der Waals surface area contributed by atoms with Gasteiger partial charge in [-0.3, -0.25) is 4.79 Å². The van der Waals surface area contributed by atoms with E-state index in [-0.39, 0.29) is 34.4 Å². The van der Waals surface area contributed by atoms with Crippen LogP contribution in [0.3, 0.4) is 0 Å². The molecule has 6 heteroatoms. The fraction of sp³-hybridized carbons (Fsp3) is 0.562. The van der Waals surface area contributed by atoms with Crippen LogP contribution in [0.5, 0.6) is 11.5 Å². The number of carbonyl (C=O) groups is 1. The number of ketones is 1. The SMILES string of the molecule is CC1(C)C2CCC1(CS(=O)(=O)Oc1ccc(O)cc1)C(=O)C2. The van der Waals surface area contributed by atoms with Crippen molar-refractivity contribution in [2.24, 2.45) is 16.7 Å². The molecule has 0 spiro atoms. The standard InChI is InChI=1S/C16H20O5S/c1-15(2)11-7-8-16(15,14(18)9-11)10-22(19,20)21-13-5-3-12(17)4-6-13/h3-6,11,17H,7-10H2,1-2H3. The minimum absolute atomic E-state index is 0.0362. The van der Waals surface area contributed by atoms with Crippen LogP contribution in [0.4, 0.5) is 0 Å². The fourth-order valence-electron chi connectivity index (χ4n) is 4.09. The third-order valence-electron chi connectivity index (χ3n) is 5.62. The molecule has 2 aliphatic carbocycles. The van der Waals surface area contributed by atoms with E-state index in [0.29, 0.717) is 12.8 Å². The monoisotopic (exact) mass is 324 g/mol. The third-order valence-corrected chi connectivity index (χ3v) is 6.91. The van der Waals surface area contributed by atoms with Crippen LogP contribution in [0.2, 0.25) is 0 Å². The molecule has 1 aromatic rings. The predicted octanol–water partition coefficient (Wildman–Crippen LogP) is 2.50. The van der Waals surface area contributed by atoms with E-state index >= 15 is 0 Å². The Balaban J connectivity index is 1.85. The van der Waals surface area contributed by atoms with Crippen LogP contribution in [0.1, 0.15) is 33.1 Å². The Morgan fingerprint density at radius 1 is 1.27 bits per heavy atom. The third kappa shape index (κ3) is 2.20. The predicted molar refractivity (Wildman–Crippen MR) is 81.1 cm³/mol. The zero-order valence-electron chi connectivity index (χ0n) is 12.7. The summed E-state index contributed by atoms with van der Waals surface area (Å²) in [5.74, 6) is 0.222. The Morgan fingerprint density at radius 2 is 1.91 bits per heavy atom. The Kier molecular flexibility index (Phi) is 3.29. The largest absolute Gasteiger partial charge is 0.508 e. The van der Waals surface area contributed by atoms with Gasteiger partial charge in [-0.1, -0.05) is 13.8 Å². The van der Waals surface area contributed by atoms with E-state index in [2.05, 4.69) is 0 Å². The molecule has 0 amide bonds. The second-order valence-corrected chi connectivity index (χ2v) is 8.52. The first-order valence-corrected chi connectivity index (χ1v) is 8.99. The smallest absolute Gasteiger partial charge is 0.310 e. The average Bonchev–Trinajstić information content (AvgIpc) is 2.74. The summed E-state index contributed by atoms with van der Waals surface area (Å²) in [6.45, 7) is 3.98. The molecular formula is C16H20O5S. The van der Waals surface area contributed by atoms with E-state index in [0.717, 1.165) is 6.42 Å². The van der Waals surface area contributed by atoms with Crippen molar-refractivity contribution in [2.45, 2.75) is 33.1 Å². The molecule has 0 radical (unpaired) electrons. The highest BCUT2D eigenvalue weighted by Gasteiger charge is 2.65. The van der Waals surface area contributed by atoms with Crippen molar-refractivity contribution in [1.82, 2.24) is 0 Å². The van der Waals surface area contributed by atoms with Crippen LogP contribution < -0.4 is 4.18 Å². The normalized spacial score (nSPS) is 29.7. The minimum Gasteiger partial charge on any atom is -0.508 e. The van der Waals surface area contributed by atoms with Crippen LogP contribution >= 0.6 is 0 Å². The molecule has 1 N–H and O–H groups in total. The van der Waals surface area contributed by atoms with Crippen molar-refractivity contribution in [3.63, 3.8) is 0 Å². The summed E-state index contributed by atoms with van der Waals surface area (Å²) in [6, 6.07) is 5.51. The molecular weight excluding hydrogens is 304 g/mol. The van der Waals surface area contributed by atoms with Crippen LogP contribution in [0.15, 0.2) is 24.3 Å². The van der Waals surface area contributed by atoms with Gasteiger partial charge in [0.15, 0.2) is 0 Å². The van der Waals surface area contributed by atoms with Crippen LogP contribution in [-0.2, 0) is 14.9 Å². The molecule has 2 atom stereocenters. The van der Waals surface area contributed by atoms with Gasteiger partial charge in [-0.2, -0.15) is 8.42 Å². The Hall–Kier alpha value is -1.56. The molecule has 1 aromatic carbocycles. The van der Waals surface area contributed by atoms with E-state index in [1.807, 2.05) is 13.8 Å². The van der Waals surface area contributed by atoms with Gasteiger partial charge in [0, 0.05) is 6.42 Å². The summed E-state index contributed by atoms with van der Waals surface area (Å²) in [5.41, 5.74) is -1.14. The van der Waals surface area contributed by atoms with Gasteiger partial charge in [0.25, 0.3) is 0 Å². The first-order valence-electron chi connectivity index (χ1n) is 7.41. The van der Waals surface area contributed by atoms with Crippen LogP contribution in [0, 0.1) is 16.7 Å². The minimum atomic E-state index is -3.88. The highest BCUT2D eigenvalue weighted by molar-refractivity contribution is 7.87. The topological polar surface area (TPSA) is 80.7 Å². The number of benzene rings is 1. The van der Waals surface area contributed by atoms with Crippen molar-refractivity contribution >= 4 is 15.9 Å². The quantitative estimate of drug-likeness (QED) is 0.861. The summed E-state index contributed by atoms with van der Waals surface area (Å²) < 4.78 is 30.0. The molecule has 2 bridgehead atoms. The zero-order valence-corrected chi connectivity index (χ0v) is 13.5. The summed E-state index contributed by atoms with van der Waals surface area (Å²) in [4.78, 5) is 12.4. The van der Waals surface area contributed by atoms with E-state index in [4.69, 9.17) is 4.18 Å². The maximum atomic E-state index is 12.4. The molecule has 0 aromatic heterocycles. The fourth-order valence-corrected chi connectivity index (χ4v) is 5.83. The van der Waals surface area contributed by atoms with Gasteiger partial charge in [-0.25, -0.2) is 0 Å². The van der Waals surface area contributed by atoms with Gasteiger partial charge in [0.2, 0.25) is 0 Å². The molecule has 5 nitrogen and oxygen atoms in total. The average molecular weight is 324 g/mol. The van der Waals surface area contributed by atoms with E-state index in [1.165, 1.54) is 24.3 Å². The molecule has 0 saturated heterocycles. The summed E-state index contributed by atoms with van der Waals surface area (Å²) in [7, 11) is -3.88. The van der Waals surface area contributed by atoms with Gasteiger partial charge in [-0.15, -0.1) is 0 Å². The van der Waals surface area contributed by atoms with Gasteiger partial charge in [-0.05, 0) is 48.4 Å². The van der Waals surface area contributed by atoms with Crippen molar-refractivity contribution < 1.29 is 22.5 Å². The van der Waals surface area contributed by atoms with Gasteiger partial charge < -0.3 is 9.29 Å². The lowest BCUT2D eigenvalue weighted by Crippen LogP contribution is -2.43. The number of fused-ring (bicyclic) bond motifs is 2.